The summed E-state index contributed by atoms with van der Waals surface area (Å²) in [6, 6.07) is 0. The van der Waals surface area contributed by atoms with Crippen molar-refractivity contribution in [3.63, 3.8) is 0 Å². The molecule has 1 heterocycles. The molecule has 0 radical (unpaired) electrons. The molecule has 1 aliphatic carbocycles. The average molecular weight is 144 g/mol. The number of hydrogen-bond acceptors (Lipinski definition) is 3. The number of fused-ring (bicyclic) bond motifs is 1. The Bertz CT molecular complexity index is 126. The van der Waals surface area contributed by atoms with Crippen molar-refractivity contribution in [1.82, 2.24) is 0 Å². The van der Waals surface area contributed by atoms with Gasteiger partial charge in [0, 0.05) is 0 Å². The maximum atomic E-state index is 9.01. The van der Waals surface area contributed by atoms with E-state index in [1.54, 1.807) is 0 Å². The van der Waals surface area contributed by atoms with Crippen molar-refractivity contribution in [2.75, 3.05) is 6.61 Å². The lowest BCUT2D eigenvalue weighted by Gasteiger charge is -2.29. The van der Waals surface area contributed by atoms with E-state index >= 15 is 0 Å². The molecule has 1 aliphatic heterocycles. The Morgan fingerprint density at radius 2 is 2.00 bits per heavy atom. The quantitative estimate of drug-likeness (QED) is 0.530. The summed E-state index contributed by atoms with van der Waals surface area (Å²) in [7, 11) is 0. The third-order valence-corrected chi connectivity index (χ3v) is 2.18. The zero-order chi connectivity index (χ0) is 6.97. The second-order valence-corrected chi connectivity index (χ2v) is 2.93. The van der Waals surface area contributed by atoms with E-state index in [1.807, 2.05) is 0 Å². The van der Waals surface area contributed by atoms with Crippen LogP contribution in [0.1, 0.15) is 19.3 Å². The van der Waals surface area contributed by atoms with Crippen LogP contribution in [0.25, 0.3) is 0 Å². The van der Waals surface area contributed by atoms with Gasteiger partial charge in [0.05, 0.1) is 18.8 Å². The van der Waals surface area contributed by atoms with Crippen LogP contribution >= 0.6 is 0 Å². The monoisotopic (exact) mass is 144 g/mol. The van der Waals surface area contributed by atoms with Gasteiger partial charge in [-0.15, -0.1) is 0 Å². The highest BCUT2D eigenvalue weighted by Gasteiger charge is 2.34. The average Bonchev–Trinajstić information content (AvgIpc) is 2.33. The molecule has 1 saturated heterocycles. The van der Waals surface area contributed by atoms with Gasteiger partial charge in [0.15, 0.2) is 6.29 Å². The van der Waals surface area contributed by atoms with E-state index in [9.17, 15) is 0 Å². The lowest BCUT2D eigenvalue weighted by atomic mass is 10.2. The zero-order valence-electron chi connectivity index (χ0n) is 5.82. The van der Waals surface area contributed by atoms with Crippen LogP contribution in [-0.4, -0.2) is 30.2 Å². The van der Waals surface area contributed by atoms with Gasteiger partial charge >= 0.3 is 0 Å². The fourth-order valence-electron chi connectivity index (χ4n) is 1.69. The first-order valence-electron chi connectivity index (χ1n) is 3.81. The lowest BCUT2D eigenvalue weighted by Crippen LogP contribution is -2.39. The SMILES string of the molecule is OC1COC2CCCC2O1. The van der Waals surface area contributed by atoms with Crippen molar-refractivity contribution in [2.24, 2.45) is 0 Å². The Kier molecular flexibility index (Phi) is 1.64. The van der Waals surface area contributed by atoms with E-state index < -0.39 is 6.29 Å². The molecule has 1 N–H and O–H groups in total. The van der Waals surface area contributed by atoms with Crippen LogP contribution < -0.4 is 0 Å². The maximum absolute atomic E-state index is 9.01. The van der Waals surface area contributed by atoms with E-state index in [0.29, 0.717) is 6.61 Å². The van der Waals surface area contributed by atoms with Gasteiger partial charge in [-0.3, -0.25) is 0 Å². The maximum Gasteiger partial charge on any atom is 0.178 e. The van der Waals surface area contributed by atoms with E-state index in [2.05, 4.69) is 0 Å². The van der Waals surface area contributed by atoms with E-state index in [-0.39, 0.29) is 12.2 Å². The molecule has 2 rings (SSSR count). The summed E-state index contributed by atoms with van der Waals surface area (Å²) < 4.78 is 10.6. The molecule has 0 aromatic carbocycles. The topological polar surface area (TPSA) is 38.7 Å². The van der Waals surface area contributed by atoms with Gasteiger partial charge < -0.3 is 14.6 Å². The molecule has 10 heavy (non-hydrogen) atoms. The second-order valence-electron chi connectivity index (χ2n) is 2.93. The van der Waals surface area contributed by atoms with Crippen LogP contribution in [0.15, 0.2) is 0 Å². The number of aliphatic hydroxyl groups excluding tert-OH is 1. The number of ether oxygens (including phenoxy) is 2. The third-order valence-electron chi connectivity index (χ3n) is 2.18. The van der Waals surface area contributed by atoms with Crippen LogP contribution in [0.4, 0.5) is 0 Å². The summed E-state index contributed by atoms with van der Waals surface area (Å²) in [5.74, 6) is 0. The summed E-state index contributed by atoms with van der Waals surface area (Å²) >= 11 is 0. The molecule has 3 nitrogen and oxygen atoms in total. The molecule has 0 spiro atoms. The zero-order valence-corrected chi connectivity index (χ0v) is 5.82. The summed E-state index contributed by atoms with van der Waals surface area (Å²) in [6.45, 7) is 0.348. The Hall–Kier alpha value is -0.120. The predicted molar refractivity (Wildman–Crippen MR) is 34.5 cm³/mol. The van der Waals surface area contributed by atoms with Crippen LogP contribution in [0.2, 0.25) is 0 Å². The van der Waals surface area contributed by atoms with Gasteiger partial charge in [-0.2, -0.15) is 0 Å². The molecular weight excluding hydrogens is 132 g/mol. The molecule has 0 amide bonds. The van der Waals surface area contributed by atoms with Gasteiger partial charge in [-0.25, -0.2) is 0 Å². The predicted octanol–water partition coefficient (Wildman–Crippen LogP) is 0.273. The van der Waals surface area contributed by atoms with Crippen molar-refractivity contribution < 1.29 is 14.6 Å². The molecule has 2 aliphatic rings. The van der Waals surface area contributed by atoms with Crippen LogP contribution in [0.5, 0.6) is 0 Å². The summed E-state index contributed by atoms with van der Waals surface area (Å²) in [4.78, 5) is 0. The van der Waals surface area contributed by atoms with Gasteiger partial charge in [0.25, 0.3) is 0 Å². The Labute approximate surface area is 59.9 Å². The van der Waals surface area contributed by atoms with Crippen LogP contribution in [0.3, 0.4) is 0 Å². The summed E-state index contributed by atoms with van der Waals surface area (Å²) in [6.07, 6.45) is 3.06. The molecule has 1 saturated carbocycles. The molecule has 0 aromatic rings. The Morgan fingerprint density at radius 1 is 1.20 bits per heavy atom. The minimum Gasteiger partial charge on any atom is -0.370 e. The third kappa shape index (κ3) is 1.05. The normalized spacial score (nSPS) is 47.1. The minimum absolute atomic E-state index is 0.170. The highest BCUT2D eigenvalue weighted by atomic mass is 16.7. The fourth-order valence-corrected chi connectivity index (χ4v) is 1.69. The molecule has 58 valence electrons. The number of aliphatic hydroxyl groups is 1. The Balaban J connectivity index is 1.96. The molecule has 0 bridgehead atoms. The van der Waals surface area contributed by atoms with Crippen molar-refractivity contribution in [2.45, 2.75) is 37.8 Å². The van der Waals surface area contributed by atoms with Gasteiger partial charge in [-0.05, 0) is 19.3 Å². The van der Waals surface area contributed by atoms with Gasteiger partial charge in [-0.1, -0.05) is 0 Å². The van der Waals surface area contributed by atoms with E-state index in [0.717, 1.165) is 12.8 Å². The van der Waals surface area contributed by atoms with Gasteiger partial charge in [0.1, 0.15) is 0 Å². The van der Waals surface area contributed by atoms with Crippen LogP contribution in [0, 0.1) is 0 Å². The highest BCUT2D eigenvalue weighted by molar-refractivity contribution is 4.81. The number of hydrogen-bond donors (Lipinski definition) is 1. The molecule has 0 aromatic heterocycles. The first-order valence-corrected chi connectivity index (χ1v) is 3.81. The minimum atomic E-state index is -0.681. The molecule has 3 unspecified atom stereocenters. The molecule has 3 atom stereocenters. The Morgan fingerprint density at radius 3 is 2.90 bits per heavy atom. The molecule has 3 heteroatoms. The van der Waals surface area contributed by atoms with E-state index in [1.165, 1.54) is 6.42 Å². The highest BCUT2D eigenvalue weighted by Crippen LogP contribution is 2.28. The summed E-state index contributed by atoms with van der Waals surface area (Å²) in [5, 5.41) is 9.01. The standard InChI is InChI=1S/C7H12O3/c8-7-4-9-5-2-1-3-6(5)10-7/h5-8H,1-4H2. The van der Waals surface area contributed by atoms with Crippen molar-refractivity contribution in [3.05, 3.63) is 0 Å². The fraction of sp³-hybridized carbons (Fsp3) is 1.00. The first kappa shape index (κ1) is 6.58. The summed E-state index contributed by atoms with van der Waals surface area (Å²) in [5.41, 5.74) is 0. The molecule has 2 fully saturated rings. The van der Waals surface area contributed by atoms with Crippen LogP contribution in [-0.2, 0) is 9.47 Å². The smallest absolute Gasteiger partial charge is 0.178 e. The lowest BCUT2D eigenvalue weighted by molar-refractivity contribution is -0.239. The second kappa shape index (κ2) is 2.49. The van der Waals surface area contributed by atoms with Crippen molar-refractivity contribution >= 4 is 0 Å². The first-order chi connectivity index (χ1) is 4.86. The van der Waals surface area contributed by atoms with Gasteiger partial charge in [0.2, 0.25) is 0 Å². The van der Waals surface area contributed by atoms with E-state index in [4.69, 9.17) is 14.6 Å². The van der Waals surface area contributed by atoms with Crippen molar-refractivity contribution in [1.29, 1.82) is 0 Å². The largest absolute Gasteiger partial charge is 0.370 e. The van der Waals surface area contributed by atoms with Crippen molar-refractivity contribution in [3.8, 4) is 0 Å². The molecular formula is C7H12O3. The number of rotatable bonds is 0.